The van der Waals surface area contributed by atoms with E-state index < -0.39 is 0 Å². The highest BCUT2D eigenvalue weighted by Gasteiger charge is 2.21. The first-order valence-electron chi connectivity index (χ1n) is 10.3. The lowest BCUT2D eigenvalue weighted by molar-refractivity contribution is -0.121. The molecule has 2 aromatic carbocycles. The number of carbonyl (C=O) groups excluding carboxylic acids is 1. The van der Waals surface area contributed by atoms with E-state index in [1.54, 1.807) is 11.3 Å². The normalized spacial score (nSPS) is 17.0. The van der Waals surface area contributed by atoms with Gasteiger partial charge >= 0.3 is 0 Å². The lowest BCUT2D eigenvalue weighted by Gasteiger charge is -2.33. The molecule has 1 aliphatic rings. The van der Waals surface area contributed by atoms with Crippen molar-refractivity contribution in [1.82, 2.24) is 15.2 Å². The third kappa shape index (κ3) is 5.75. The summed E-state index contributed by atoms with van der Waals surface area (Å²) >= 11 is 1.58. The van der Waals surface area contributed by atoms with Crippen LogP contribution >= 0.6 is 11.3 Å². The van der Waals surface area contributed by atoms with Gasteiger partial charge in [-0.1, -0.05) is 60.2 Å². The molecule has 0 radical (unpaired) electrons. The Hall–Kier alpha value is -2.54. The number of rotatable bonds is 7. The van der Waals surface area contributed by atoms with Crippen LogP contribution in [0.15, 0.2) is 60.0 Å². The predicted molar refractivity (Wildman–Crippen MR) is 120 cm³/mol. The lowest BCUT2D eigenvalue weighted by Crippen LogP contribution is -2.47. The average molecular weight is 422 g/mol. The van der Waals surface area contributed by atoms with Gasteiger partial charge in [-0.25, -0.2) is 4.98 Å². The molecule has 30 heavy (non-hydrogen) atoms. The molecule has 1 saturated heterocycles. The number of thiazole rings is 1. The standard InChI is InChI=1S/C24H27N3O2S/c1-18-7-9-20(10-8-18)24-26-21(17-30-24)13-23(28)25-14-22-16-27(11-12-29-22)15-19-5-3-2-4-6-19/h2-10,17,22H,11-16H2,1H3,(H,25,28). The minimum Gasteiger partial charge on any atom is -0.374 e. The van der Waals surface area contributed by atoms with Gasteiger partial charge in [-0.15, -0.1) is 11.3 Å². The monoisotopic (exact) mass is 421 g/mol. The van der Waals surface area contributed by atoms with Crippen molar-refractivity contribution in [2.45, 2.75) is 26.0 Å². The van der Waals surface area contributed by atoms with E-state index in [2.05, 4.69) is 70.7 Å². The summed E-state index contributed by atoms with van der Waals surface area (Å²) in [6, 6.07) is 18.7. The van der Waals surface area contributed by atoms with Crippen molar-refractivity contribution in [1.29, 1.82) is 0 Å². The molecular formula is C24H27N3O2S. The van der Waals surface area contributed by atoms with Gasteiger partial charge in [0.25, 0.3) is 0 Å². The molecule has 0 saturated carbocycles. The zero-order valence-corrected chi connectivity index (χ0v) is 18.0. The van der Waals surface area contributed by atoms with Gasteiger partial charge in [0.1, 0.15) is 5.01 Å². The second kappa shape index (κ2) is 9.98. The summed E-state index contributed by atoms with van der Waals surface area (Å²) in [7, 11) is 0. The summed E-state index contributed by atoms with van der Waals surface area (Å²) in [5.74, 6) is -0.0143. The summed E-state index contributed by atoms with van der Waals surface area (Å²) in [6.45, 7) is 5.94. The molecule has 0 bridgehead atoms. The Morgan fingerprint density at radius 1 is 1.20 bits per heavy atom. The third-order valence-electron chi connectivity index (χ3n) is 5.19. The molecule has 1 N–H and O–H groups in total. The first-order chi connectivity index (χ1) is 14.7. The Kier molecular flexibility index (Phi) is 6.89. The van der Waals surface area contributed by atoms with E-state index in [1.807, 2.05) is 11.4 Å². The fourth-order valence-electron chi connectivity index (χ4n) is 3.56. The maximum Gasteiger partial charge on any atom is 0.226 e. The number of hydrogen-bond acceptors (Lipinski definition) is 5. The van der Waals surface area contributed by atoms with Crippen LogP contribution in [0, 0.1) is 6.92 Å². The number of nitrogens with one attached hydrogen (secondary N) is 1. The topological polar surface area (TPSA) is 54.5 Å². The highest BCUT2D eigenvalue weighted by Crippen LogP contribution is 2.24. The highest BCUT2D eigenvalue weighted by atomic mass is 32.1. The quantitative estimate of drug-likeness (QED) is 0.632. The SMILES string of the molecule is Cc1ccc(-c2nc(CC(=O)NCC3CN(Cc4ccccc4)CCO3)cs2)cc1. The maximum absolute atomic E-state index is 12.4. The number of amides is 1. The number of nitrogens with zero attached hydrogens (tertiary/aromatic N) is 2. The van der Waals surface area contributed by atoms with E-state index in [-0.39, 0.29) is 12.0 Å². The minimum atomic E-state index is -0.0143. The molecule has 156 valence electrons. The summed E-state index contributed by atoms with van der Waals surface area (Å²) < 4.78 is 5.85. The van der Waals surface area contributed by atoms with Crippen LogP contribution in [-0.2, 0) is 22.5 Å². The van der Waals surface area contributed by atoms with Crippen molar-refractivity contribution >= 4 is 17.2 Å². The van der Waals surface area contributed by atoms with Gasteiger partial charge < -0.3 is 10.1 Å². The van der Waals surface area contributed by atoms with E-state index in [1.165, 1.54) is 11.1 Å². The number of aryl methyl sites for hydroxylation is 1. The molecule has 1 aliphatic heterocycles. The molecule has 0 spiro atoms. The number of aromatic nitrogens is 1. The van der Waals surface area contributed by atoms with E-state index in [4.69, 9.17) is 4.74 Å². The minimum absolute atomic E-state index is 0.0143. The van der Waals surface area contributed by atoms with Gasteiger partial charge in [-0.2, -0.15) is 0 Å². The molecule has 3 aromatic rings. The summed E-state index contributed by atoms with van der Waals surface area (Å²) in [5, 5.41) is 5.93. The molecule has 1 atom stereocenters. The zero-order valence-electron chi connectivity index (χ0n) is 17.2. The van der Waals surface area contributed by atoms with Crippen LogP contribution in [0.4, 0.5) is 0 Å². The van der Waals surface area contributed by atoms with Gasteiger partial charge in [-0.3, -0.25) is 9.69 Å². The first-order valence-corrected chi connectivity index (χ1v) is 11.2. The molecular weight excluding hydrogens is 394 g/mol. The number of morpholine rings is 1. The average Bonchev–Trinajstić information content (AvgIpc) is 3.22. The Balaban J connectivity index is 1.24. The van der Waals surface area contributed by atoms with Gasteiger partial charge in [0.15, 0.2) is 0 Å². The molecule has 1 unspecified atom stereocenters. The van der Waals surface area contributed by atoms with E-state index >= 15 is 0 Å². The molecule has 5 nitrogen and oxygen atoms in total. The van der Waals surface area contributed by atoms with Crippen LogP contribution < -0.4 is 5.32 Å². The Labute approximate surface area is 181 Å². The van der Waals surface area contributed by atoms with Crippen molar-refractivity contribution in [2.75, 3.05) is 26.2 Å². The lowest BCUT2D eigenvalue weighted by atomic mass is 10.2. The van der Waals surface area contributed by atoms with Crippen LogP contribution in [0.25, 0.3) is 10.6 Å². The van der Waals surface area contributed by atoms with Crippen molar-refractivity contribution in [3.05, 3.63) is 76.8 Å². The van der Waals surface area contributed by atoms with Gasteiger partial charge in [-0.05, 0) is 12.5 Å². The summed E-state index contributed by atoms with van der Waals surface area (Å²) in [5.41, 5.74) is 4.42. The first kappa shape index (κ1) is 20.7. The van der Waals surface area contributed by atoms with Crippen molar-refractivity contribution in [3.8, 4) is 10.6 Å². The highest BCUT2D eigenvalue weighted by molar-refractivity contribution is 7.13. The molecule has 1 fully saturated rings. The fraction of sp³-hybridized carbons (Fsp3) is 0.333. The summed E-state index contributed by atoms with van der Waals surface area (Å²) in [6.07, 6.45) is 0.313. The van der Waals surface area contributed by atoms with Gasteiger partial charge in [0.05, 0.1) is 24.8 Å². The molecule has 2 heterocycles. The zero-order chi connectivity index (χ0) is 20.8. The Morgan fingerprint density at radius 3 is 2.80 bits per heavy atom. The molecule has 0 aliphatic carbocycles. The number of ether oxygens (including phenoxy) is 1. The molecule has 1 amide bonds. The molecule has 4 rings (SSSR count). The van der Waals surface area contributed by atoms with Gasteiger partial charge in [0, 0.05) is 37.1 Å². The molecule has 1 aromatic heterocycles. The Morgan fingerprint density at radius 2 is 2.00 bits per heavy atom. The Bertz CT molecular complexity index is 956. The maximum atomic E-state index is 12.4. The smallest absolute Gasteiger partial charge is 0.226 e. The predicted octanol–water partition coefficient (Wildman–Crippen LogP) is 3.68. The van der Waals surface area contributed by atoms with Crippen LogP contribution in [-0.4, -0.2) is 48.1 Å². The van der Waals surface area contributed by atoms with Crippen molar-refractivity contribution in [3.63, 3.8) is 0 Å². The van der Waals surface area contributed by atoms with E-state index in [0.717, 1.165) is 35.9 Å². The number of hydrogen-bond donors (Lipinski definition) is 1. The largest absolute Gasteiger partial charge is 0.374 e. The molecule has 6 heteroatoms. The second-order valence-corrected chi connectivity index (χ2v) is 8.56. The fourth-order valence-corrected chi connectivity index (χ4v) is 4.39. The van der Waals surface area contributed by atoms with Crippen molar-refractivity contribution in [2.24, 2.45) is 0 Å². The van der Waals surface area contributed by atoms with Crippen LogP contribution in [0.2, 0.25) is 0 Å². The van der Waals surface area contributed by atoms with Crippen LogP contribution in [0.1, 0.15) is 16.8 Å². The van der Waals surface area contributed by atoms with Gasteiger partial charge in [0.2, 0.25) is 5.91 Å². The third-order valence-corrected chi connectivity index (χ3v) is 6.13. The van der Waals surface area contributed by atoms with E-state index in [0.29, 0.717) is 19.6 Å². The van der Waals surface area contributed by atoms with E-state index in [9.17, 15) is 4.79 Å². The van der Waals surface area contributed by atoms with Crippen molar-refractivity contribution < 1.29 is 9.53 Å². The van der Waals surface area contributed by atoms with Crippen LogP contribution in [0.3, 0.4) is 0 Å². The summed E-state index contributed by atoms with van der Waals surface area (Å²) in [4.78, 5) is 19.4. The second-order valence-electron chi connectivity index (χ2n) is 7.70. The number of carbonyl (C=O) groups is 1. The number of benzene rings is 2. The van der Waals surface area contributed by atoms with Crippen LogP contribution in [0.5, 0.6) is 0 Å².